The summed E-state index contributed by atoms with van der Waals surface area (Å²) in [5.41, 5.74) is -1.34. The molecule has 0 bridgehead atoms. The van der Waals surface area contributed by atoms with Crippen molar-refractivity contribution in [3.05, 3.63) is 0 Å². The van der Waals surface area contributed by atoms with Crippen molar-refractivity contribution in [2.24, 2.45) is 11.8 Å². The van der Waals surface area contributed by atoms with Crippen molar-refractivity contribution in [3.8, 4) is 0 Å². The minimum absolute atomic E-state index is 0.136. The van der Waals surface area contributed by atoms with Crippen LogP contribution in [0, 0.1) is 11.8 Å². The van der Waals surface area contributed by atoms with Gasteiger partial charge in [0.2, 0.25) is 5.60 Å². The van der Waals surface area contributed by atoms with E-state index in [4.69, 9.17) is 9.84 Å². The third-order valence-electron chi connectivity index (χ3n) is 3.14. The van der Waals surface area contributed by atoms with Crippen molar-refractivity contribution < 1.29 is 19.4 Å². The molecule has 1 aliphatic rings. The molecule has 3 atom stereocenters. The normalized spacial score (nSPS) is 37.8. The lowest BCUT2D eigenvalue weighted by Gasteiger charge is -2.38. The molecule has 1 rings (SSSR count). The van der Waals surface area contributed by atoms with Crippen LogP contribution in [-0.2, 0) is 14.3 Å². The van der Waals surface area contributed by atoms with Crippen LogP contribution in [-0.4, -0.2) is 22.6 Å². The van der Waals surface area contributed by atoms with E-state index in [0.717, 1.165) is 0 Å². The molecule has 0 unspecified atom stereocenters. The quantitative estimate of drug-likeness (QED) is 0.685. The summed E-state index contributed by atoms with van der Waals surface area (Å²) in [6, 6.07) is 0. The summed E-state index contributed by atoms with van der Waals surface area (Å²) >= 11 is 0. The number of carbonyl (C=O) groups is 2. The molecule has 0 radical (unpaired) electrons. The highest BCUT2D eigenvalue weighted by atomic mass is 16.6. The molecule has 0 aliphatic carbocycles. The van der Waals surface area contributed by atoms with Crippen LogP contribution in [0.2, 0.25) is 0 Å². The Morgan fingerprint density at radius 1 is 1.71 bits per heavy atom. The van der Waals surface area contributed by atoms with Crippen LogP contribution in [0.15, 0.2) is 0 Å². The van der Waals surface area contributed by atoms with Crippen molar-refractivity contribution in [1.29, 1.82) is 0 Å². The highest BCUT2D eigenvalue weighted by Crippen LogP contribution is 2.35. The van der Waals surface area contributed by atoms with Gasteiger partial charge in [-0.3, -0.25) is 4.79 Å². The number of ether oxygens (including phenoxy) is 1. The van der Waals surface area contributed by atoms with Crippen molar-refractivity contribution in [1.82, 2.24) is 0 Å². The summed E-state index contributed by atoms with van der Waals surface area (Å²) in [5, 5.41) is 8.97. The Morgan fingerprint density at radius 3 is 2.71 bits per heavy atom. The highest BCUT2D eigenvalue weighted by molar-refractivity contribution is 5.84. The first kappa shape index (κ1) is 11.0. The van der Waals surface area contributed by atoms with E-state index in [9.17, 15) is 9.59 Å². The van der Waals surface area contributed by atoms with Crippen molar-refractivity contribution in [2.45, 2.75) is 39.2 Å². The van der Waals surface area contributed by atoms with Crippen LogP contribution in [0.3, 0.4) is 0 Å². The second-order valence-electron chi connectivity index (χ2n) is 4.08. The van der Waals surface area contributed by atoms with Crippen LogP contribution in [0.1, 0.15) is 33.6 Å². The molecule has 1 fully saturated rings. The summed E-state index contributed by atoms with van der Waals surface area (Å²) in [6.45, 7) is 5.18. The van der Waals surface area contributed by atoms with Gasteiger partial charge in [-0.15, -0.1) is 0 Å². The van der Waals surface area contributed by atoms with Gasteiger partial charge in [0, 0.05) is 5.92 Å². The van der Waals surface area contributed by atoms with Gasteiger partial charge in [0.1, 0.15) is 0 Å². The van der Waals surface area contributed by atoms with Crippen LogP contribution in [0.5, 0.6) is 0 Å². The molecule has 0 aromatic heterocycles. The molecular weight excluding hydrogens is 184 g/mol. The fourth-order valence-corrected chi connectivity index (χ4v) is 1.73. The smallest absolute Gasteiger partial charge is 0.348 e. The Bertz CT molecular complexity index is 261. The van der Waals surface area contributed by atoms with Gasteiger partial charge < -0.3 is 9.84 Å². The molecule has 0 amide bonds. The zero-order chi connectivity index (χ0) is 10.9. The van der Waals surface area contributed by atoms with Crippen LogP contribution in [0.25, 0.3) is 0 Å². The van der Waals surface area contributed by atoms with E-state index in [1.165, 1.54) is 6.92 Å². The maximum absolute atomic E-state index is 11.4. The summed E-state index contributed by atoms with van der Waals surface area (Å²) in [4.78, 5) is 22.4. The third kappa shape index (κ3) is 1.61. The molecule has 0 aromatic rings. The van der Waals surface area contributed by atoms with Gasteiger partial charge in [-0.2, -0.15) is 0 Å². The number of carboxylic acid groups (broad SMARTS) is 1. The Balaban J connectivity index is 2.86. The van der Waals surface area contributed by atoms with Gasteiger partial charge in [-0.05, 0) is 19.8 Å². The number of carboxylic acids is 1. The van der Waals surface area contributed by atoms with Crippen molar-refractivity contribution >= 4 is 11.9 Å². The molecule has 0 aromatic carbocycles. The lowest BCUT2D eigenvalue weighted by Crippen LogP contribution is -2.51. The highest BCUT2D eigenvalue weighted by Gasteiger charge is 2.48. The molecule has 1 saturated heterocycles. The number of esters is 1. The van der Waals surface area contributed by atoms with Gasteiger partial charge in [0.05, 0.1) is 5.92 Å². The van der Waals surface area contributed by atoms with Crippen LogP contribution < -0.4 is 0 Å². The first-order chi connectivity index (χ1) is 6.41. The predicted octanol–water partition coefficient (Wildman–Crippen LogP) is 1.44. The van der Waals surface area contributed by atoms with Gasteiger partial charge in [-0.1, -0.05) is 13.8 Å². The fraction of sp³-hybridized carbons (Fsp3) is 0.800. The maximum Gasteiger partial charge on any atom is 0.348 e. The van der Waals surface area contributed by atoms with E-state index in [0.29, 0.717) is 12.8 Å². The van der Waals surface area contributed by atoms with Gasteiger partial charge in [0.15, 0.2) is 0 Å². The van der Waals surface area contributed by atoms with Gasteiger partial charge >= 0.3 is 11.9 Å². The molecule has 4 nitrogen and oxygen atoms in total. The van der Waals surface area contributed by atoms with E-state index >= 15 is 0 Å². The van der Waals surface area contributed by atoms with E-state index < -0.39 is 11.6 Å². The van der Waals surface area contributed by atoms with E-state index in [-0.39, 0.29) is 17.8 Å². The van der Waals surface area contributed by atoms with Gasteiger partial charge in [0.25, 0.3) is 0 Å². The second-order valence-corrected chi connectivity index (χ2v) is 4.08. The average molecular weight is 200 g/mol. The lowest BCUT2D eigenvalue weighted by atomic mass is 9.79. The van der Waals surface area contributed by atoms with Crippen molar-refractivity contribution in [2.75, 3.05) is 0 Å². The van der Waals surface area contributed by atoms with E-state index in [1.54, 1.807) is 0 Å². The number of carbonyl (C=O) groups excluding carboxylic acids is 1. The first-order valence-electron chi connectivity index (χ1n) is 4.88. The molecule has 0 saturated carbocycles. The standard InChI is InChI=1S/C10H16O4/c1-4-7-5-6(2)10(3,9(12)13)14-8(7)11/h6-7H,4-5H2,1-3H3,(H,12,13)/t6-,7+,10+/m1/s1. The molecule has 80 valence electrons. The number of hydrogen-bond acceptors (Lipinski definition) is 3. The summed E-state index contributed by atoms with van der Waals surface area (Å²) in [6.07, 6.45) is 1.30. The Morgan fingerprint density at radius 2 is 2.29 bits per heavy atom. The number of cyclic esters (lactones) is 1. The molecule has 0 spiro atoms. The maximum atomic E-state index is 11.4. The van der Waals surface area contributed by atoms with Gasteiger partial charge in [-0.25, -0.2) is 4.79 Å². The predicted molar refractivity (Wildman–Crippen MR) is 49.7 cm³/mol. The molecule has 1 N–H and O–H groups in total. The summed E-state index contributed by atoms with van der Waals surface area (Å²) in [5.74, 6) is -1.72. The average Bonchev–Trinajstić information content (AvgIpc) is 2.11. The fourth-order valence-electron chi connectivity index (χ4n) is 1.73. The number of rotatable bonds is 2. The molecule has 1 aliphatic heterocycles. The van der Waals surface area contributed by atoms with E-state index in [1.807, 2.05) is 13.8 Å². The Kier molecular flexibility index (Phi) is 2.83. The molecular formula is C10H16O4. The first-order valence-corrected chi connectivity index (χ1v) is 4.88. The minimum Gasteiger partial charge on any atom is -0.478 e. The summed E-state index contributed by atoms with van der Waals surface area (Å²) < 4.78 is 5.01. The molecule has 14 heavy (non-hydrogen) atoms. The minimum atomic E-state index is -1.34. The zero-order valence-corrected chi connectivity index (χ0v) is 8.74. The monoisotopic (exact) mass is 200 g/mol. The summed E-state index contributed by atoms with van der Waals surface area (Å²) in [7, 11) is 0. The third-order valence-corrected chi connectivity index (χ3v) is 3.14. The molecule has 4 heteroatoms. The Labute approximate surface area is 83.2 Å². The Hall–Kier alpha value is -1.06. The number of aliphatic carboxylic acids is 1. The topological polar surface area (TPSA) is 63.6 Å². The second kappa shape index (κ2) is 3.59. The molecule has 1 heterocycles. The van der Waals surface area contributed by atoms with Crippen LogP contribution >= 0.6 is 0 Å². The van der Waals surface area contributed by atoms with E-state index in [2.05, 4.69) is 0 Å². The number of hydrogen-bond donors (Lipinski definition) is 1. The SMILES string of the molecule is CC[C@H]1C[C@@H](C)[C@@](C)(C(=O)O)OC1=O. The zero-order valence-electron chi connectivity index (χ0n) is 8.74. The largest absolute Gasteiger partial charge is 0.478 e. The van der Waals surface area contributed by atoms with Crippen molar-refractivity contribution in [3.63, 3.8) is 0 Å². The lowest BCUT2D eigenvalue weighted by molar-refractivity contribution is -0.195. The van der Waals surface area contributed by atoms with Crippen LogP contribution in [0.4, 0.5) is 0 Å².